The van der Waals surface area contributed by atoms with Crippen molar-refractivity contribution >= 4 is 23.0 Å². The molecule has 0 amide bonds. The number of nitrogens with zero attached hydrogens (tertiary/aromatic N) is 2. The maximum absolute atomic E-state index is 11.0. The Morgan fingerprint density at radius 2 is 1.86 bits per heavy atom. The van der Waals surface area contributed by atoms with Crippen molar-refractivity contribution in [3.05, 3.63) is 38.4 Å². The van der Waals surface area contributed by atoms with Crippen LogP contribution in [0.2, 0.25) is 0 Å². The van der Waals surface area contributed by atoms with Gasteiger partial charge >= 0.3 is 0 Å². The number of carbonyl (C=O) groups excluding carboxylic acids is 1. The molecule has 0 radical (unpaired) electrons. The van der Waals surface area contributed by atoms with Gasteiger partial charge < -0.3 is 15.2 Å². The molecule has 9 heteroatoms. The number of nitrogens with one attached hydrogen (secondary N) is 1. The number of nitro groups is 2. The molecule has 0 bridgehead atoms. The normalized spacial score (nSPS) is 12.0. The molecule has 0 fully saturated rings. The fraction of sp³-hybridized carbons (Fsp3) is 0.417. The third-order valence-corrected chi connectivity index (χ3v) is 2.71. The summed E-state index contributed by atoms with van der Waals surface area (Å²) in [6.45, 7) is 3.59. The molecular weight excluding hydrogens is 282 g/mol. The zero-order valence-electron chi connectivity index (χ0n) is 11.4. The first-order valence-corrected chi connectivity index (χ1v) is 6.12. The second-order valence-corrected chi connectivity index (χ2v) is 4.86. The maximum atomic E-state index is 11.0. The molecule has 1 aromatic rings. The molecule has 0 saturated carbocycles. The van der Waals surface area contributed by atoms with Crippen LogP contribution in [0.1, 0.15) is 20.3 Å². The third-order valence-electron chi connectivity index (χ3n) is 2.71. The van der Waals surface area contributed by atoms with Gasteiger partial charge in [0.1, 0.15) is 5.69 Å². The van der Waals surface area contributed by atoms with Crippen LogP contribution in [0.5, 0.6) is 0 Å². The third kappa shape index (κ3) is 4.41. The van der Waals surface area contributed by atoms with Gasteiger partial charge in [-0.25, -0.2) is 0 Å². The first-order chi connectivity index (χ1) is 9.72. The zero-order valence-corrected chi connectivity index (χ0v) is 11.4. The highest BCUT2D eigenvalue weighted by atomic mass is 16.6. The predicted molar refractivity (Wildman–Crippen MR) is 71.6 cm³/mol. The minimum Gasteiger partial charge on any atom is -0.548 e. The lowest BCUT2D eigenvalue weighted by Gasteiger charge is -2.22. The lowest BCUT2D eigenvalue weighted by molar-refractivity contribution is -0.393. The number of non-ortho nitro benzene ring substituents is 1. The van der Waals surface area contributed by atoms with Crippen molar-refractivity contribution in [2.75, 3.05) is 5.32 Å². The highest BCUT2D eigenvalue weighted by Gasteiger charge is 2.22. The summed E-state index contributed by atoms with van der Waals surface area (Å²) in [5.41, 5.74) is -1.10. The molecule has 114 valence electrons. The van der Waals surface area contributed by atoms with Gasteiger partial charge in [0, 0.05) is 6.07 Å². The second-order valence-electron chi connectivity index (χ2n) is 4.86. The Morgan fingerprint density at radius 3 is 2.29 bits per heavy atom. The highest BCUT2D eigenvalue weighted by Crippen LogP contribution is 2.30. The topological polar surface area (TPSA) is 138 Å². The van der Waals surface area contributed by atoms with E-state index in [1.807, 2.05) is 0 Å². The van der Waals surface area contributed by atoms with Crippen molar-refractivity contribution in [1.82, 2.24) is 0 Å². The van der Waals surface area contributed by atoms with Crippen LogP contribution in [0.25, 0.3) is 0 Å². The molecule has 0 heterocycles. The van der Waals surface area contributed by atoms with E-state index in [1.54, 1.807) is 13.8 Å². The molecular formula is C12H14N3O6-. The molecule has 0 aliphatic rings. The van der Waals surface area contributed by atoms with Gasteiger partial charge in [0.05, 0.1) is 27.9 Å². The lowest BCUT2D eigenvalue weighted by atomic mass is 10.0. The molecule has 21 heavy (non-hydrogen) atoms. The number of hydrogen-bond donors (Lipinski definition) is 1. The fourth-order valence-corrected chi connectivity index (χ4v) is 1.78. The average molecular weight is 296 g/mol. The number of benzene rings is 1. The number of carboxylic acids is 1. The summed E-state index contributed by atoms with van der Waals surface area (Å²) in [6.07, 6.45) is 0.205. The van der Waals surface area contributed by atoms with Crippen LogP contribution in [0.15, 0.2) is 18.2 Å². The van der Waals surface area contributed by atoms with Crippen LogP contribution in [0, 0.1) is 26.1 Å². The number of aliphatic carboxylic acids is 1. The van der Waals surface area contributed by atoms with Gasteiger partial charge in [-0.05, 0) is 18.4 Å². The molecule has 1 unspecified atom stereocenters. The van der Waals surface area contributed by atoms with Crippen LogP contribution >= 0.6 is 0 Å². The predicted octanol–water partition coefficient (Wildman–Crippen LogP) is 1.08. The van der Waals surface area contributed by atoms with Crippen LogP contribution < -0.4 is 10.4 Å². The molecule has 1 rings (SSSR count). The molecule has 0 aliphatic heterocycles. The van der Waals surface area contributed by atoms with Crippen molar-refractivity contribution in [3.8, 4) is 0 Å². The fourth-order valence-electron chi connectivity index (χ4n) is 1.78. The van der Waals surface area contributed by atoms with Gasteiger partial charge in [-0.15, -0.1) is 0 Å². The molecule has 9 nitrogen and oxygen atoms in total. The quantitative estimate of drug-likeness (QED) is 0.586. The molecule has 0 spiro atoms. The van der Waals surface area contributed by atoms with Gasteiger partial charge in [-0.2, -0.15) is 0 Å². The van der Waals surface area contributed by atoms with E-state index >= 15 is 0 Å². The molecule has 0 saturated heterocycles. The Kier molecular flexibility index (Phi) is 5.17. The van der Waals surface area contributed by atoms with E-state index in [9.17, 15) is 30.1 Å². The number of nitro benzene ring substituents is 2. The number of rotatable bonds is 7. The summed E-state index contributed by atoms with van der Waals surface area (Å²) in [7, 11) is 0. The van der Waals surface area contributed by atoms with Crippen LogP contribution in [0.4, 0.5) is 17.1 Å². The summed E-state index contributed by atoms with van der Waals surface area (Å²) >= 11 is 0. The largest absolute Gasteiger partial charge is 0.548 e. The summed E-state index contributed by atoms with van der Waals surface area (Å²) < 4.78 is 0. The Labute approximate surface area is 119 Å². The van der Waals surface area contributed by atoms with Crippen LogP contribution in [-0.4, -0.2) is 21.9 Å². The lowest BCUT2D eigenvalue weighted by Crippen LogP contribution is -2.41. The smallest absolute Gasteiger partial charge is 0.299 e. The van der Waals surface area contributed by atoms with Gasteiger partial charge in [-0.1, -0.05) is 13.8 Å². The first-order valence-electron chi connectivity index (χ1n) is 6.12. The summed E-state index contributed by atoms with van der Waals surface area (Å²) in [5.74, 6) is -1.37. The van der Waals surface area contributed by atoms with Crippen LogP contribution in [0.3, 0.4) is 0 Å². The van der Waals surface area contributed by atoms with E-state index < -0.39 is 33.2 Å². The summed E-state index contributed by atoms with van der Waals surface area (Å²) in [4.78, 5) is 31.0. The number of carboxylic acid groups (broad SMARTS) is 1. The van der Waals surface area contributed by atoms with Crippen molar-refractivity contribution in [3.63, 3.8) is 0 Å². The SMILES string of the molecule is CC(C)CC(Nc1ccc([N+](=O)[O-])cc1[N+](=O)[O-])C(=O)[O-]. The summed E-state index contributed by atoms with van der Waals surface area (Å²) in [5, 5.41) is 35.1. The van der Waals surface area contributed by atoms with Gasteiger partial charge in [0.25, 0.3) is 11.4 Å². The molecule has 1 N–H and O–H groups in total. The van der Waals surface area contributed by atoms with Crippen molar-refractivity contribution in [2.24, 2.45) is 5.92 Å². The van der Waals surface area contributed by atoms with Crippen molar-refractivity contribution < 1.29 is 19.7 Å². The van der Waals surface area contributed by atoms with E-state index in [4.69, 9.17) is 0 Å². The number of carbonyl (C=O) groups is 1. The van der Waals surface area contributed by atoms with E-state index in [2.05, 4.69) is 5.32 Å². The van der Waals surface area contributed by atoms with E-state index in [0.717, 1.165) is 18.2 Å². The molecule has 1 aromatic carbocycles. The highest BCUT2D eigenvalue weighted by molar-refractivity contribution is 5.77. The monoisotopic (exact) mass is 296 g/mol. The van der Waals surface area contributed by atoms with Crippen molar-refractivity contribution in [1.29, 1.82) is 0 Å². The Balaban J connectivity index is 3.13. The average Bonchev–Trinajstić information content (AvgIpc) is 2.37. The Hall–Kier alpha value is -2.71. The Bertz CT molecular complexity index is 572. The first kappa shape index (κ1) is 16.3. The van der Waals surface area contributed by atoms with E-state index in [1.165, 1.54) is 0 Å². The zero-order chi connectivity index (χ0) is 16.2. The maximum Gasteiger partial charge on any atom is 0.299 e. The second kappa shape index (κ2) is 6.64. The minimum atomic E-state index is -1.39. The van der Waals surface area contributed by atoms with Crippen molar-refractivity contribution in [2.45, 2.75) is 26.3 Å². The van der Waals surface area contributed by atoms with Gasteiger partial charge in [-0.3, -0.25) is 20.2 Å². The summed E-state index contributed by atoms with van der Waals surface area (Å²) in [6, 6.07) is 1.85. The number of anilines is 1. The van der Waals surface area contributed by atoms with E-state index in [0.29, 0.717) is 0 Å². The molecule has 0 aliphatic carbocycles. The van der Waals surface area contributed by atoms with E-state index in [-0.39, 0.29) is 18.0 Å². The minimum absolute atomic E-state index is 0.0255. The van der Waals surface area contributed by atoms with Gasteiger partial charge in [0.15, 0.2) is 0 Å². The number of hydrogen-bond acceptors (Lipinski definition) is 7. The van der Waals surface area contributed by atoms with Crippen LogP contribution in [-0.2, 0) is 4.79 Å². The Morgan fingerprint density at radius 1 is 1.24 bits per heavy atom. The molecule has 1 atom stereocenters. The standard InChI is InChI=1S/C12H15N3O6/c1-7(2)5-10(12(16)17)13-9-4-3-8(14(18)19)6-11(9)15(20)21/h3-4,6-7,10,13H,5H2,1-2H3,(H,16,17)/p-1. The van der Waals surface area contributed by atoms with Gasteiger partial charge in [0.2, 0.25) is 0 Å². The molecule has 0 aromatic heterocycles.